The van der Waals surface area contributed by atoms with Gasteiger partial charge in [-0.3, -0.25) is 4.21 Å². The van der Waals surface area contributed by atoms with E-state index >= 15 is 0 Å². The van der Waals surface area contributed by atoms with Crippen LogP contribution in [0.5, 0.6) is 5.75 Å². The lowest BCUT2D eigenvalue weighted by molar-refractivity contribution is -0.139. The molecule has 0 radical (unpaired) electrons. The Kier molecular flexibility index (Phi) is 3.99. The fraction of sp³-hybridized carbons (Fsp3) is 0.154. The molecule has 1 unspecified atom stereocenters. The number of aromatic nitrogens is 4. The Morgan fingerprint density at radius 1 is 1.40 bits per heavy atom. The van der Waals surface area contributed by atoms with Gasteiger partial charge in [-0.05, 0) is 12.1 Å². The highest BCUT2D eigenvalue weighted by Gasteiger charge is 2.35. The van der Waals surface area contributed by atoms with E-state index in [1.54, 1.807) is 0 Å². The summed E-state index contributed by atoms with van der Waals surface area (Å²) >= 11 is 0. The Balaban J connectivity index is 2.09. The summed E-state index contributed by atoms with van der Waals surface area (Å²) in [5.74, 6) is -0.0401. The van der Waals surface area contributed by atoms with Crippen LogP contribution in [0, 0.1) is 0 Å². The lowest BCUT2D eigenvalue weighted by Gasteiger charge is -2.10. The zero-order chi connectivity index (χ0) is 18.4. The van der Waals surface area contributed by atoms with Crippen molar-refractivity contribution >= 4 is 28.0 Å². The van der Waals surface area contributed by atoms with Crippen LogP contribution in [-0.4, -0.2) is 41.5 Å². The summed E-state index contributed by atoms with van der Waals surface area (Å²) in [7, 11) is -1.86. The summed E-state index contributed by atoms with van der Waals surface area (Å²) in [6.45, 7) is 0. The number of nitrogens with zero attached hydrogens (tertiary/aromatic N) is 3. The number of imidazole rings is 1. The van der Waals surface area contributed by atoms with Gasteiger partial charge >= 0.3 is 12.3 Å². The third kappa shape index (κ3) is 3.33. The van der Waals surface area contributed by atoms with Gasteiger partial charge in [0.25, 0.3) is 0 Å². The zero-order valence-corrected chi connectivity index (χ0v) is 13.2. The van der Waals surface area contributed by atoms with E-state index in [1.807, 2.05) is 0 Å². The van der Waals surface area contributed by atoms with Crippen LogP contribution in [0.4, 0.5) is 18.0 Å². The number of carboxylic acid groups (broad SMARTS) is 1. The molecule has 25 heavy (non-hydrogen) atoms. The second-order valence-corrected chi connectivity index (χ2v) is 6.21. The summed E-state index contributed by atoms with van der Waals surface area (Å²) in [6, 6.07) is 1.91. The van der Waals surface area contributed by atoms with Crippen molar-refractivity contribution in [3.05, 3.63) is 30.1 Å². The van der Waals surface area contributed by atoms with Crippen LogP contribution in [0.3, 0.4) is 0 Å². The molecule has 2 N–H and O–H groups in total. The van der Waals surface area contributed by atoms with Crippen LogP contribution in [0.2, 0.25) is 0 Å². The highest BCUT2D eigenvalue weighted by Crippen LogP contribution is 2.35. The molecule has 0 aliphatic rings. The second-order valence-electron chi connectivity index (χ2n) is 4.87. The van der Waals surface area contributed by atoms with Crippen molar-refractivity contribution in [2.75, 3.05) is 6.26 Å². The number of fused-ring (bicyclic) bond motifs is 1. The van der Waals surface area contributed by atoms with Crippen molar-refractivity contribution in [3.63, 3.8) is 0 Å². The minimum Gasteiger partial charge on any atom is -0.449 e. The summed E-state index contributed by atoms with van der Waals surface area (Å²) in [5, 5.41) is 12.3. The first kappa shape index (κ1) is 17.0. The number of nitrogens with one attached hydrogen (secondary N) is 1. The third-order valence-electron chi connectivity index (χ3n) is 3.17. The van der Waals surface area contributed by atoms with E-state index < -0.39 is 28.7 Å². The van der Waals surface area contributed by atoms with Crippen molar-refractivity contribution in [1.29, 1.82) is 0 Å². The highest BCUT2D eigenvalue weighted by atomic mass is 32.2. The highest BCUT2D eigenvalue weighted by molar-refractivity contribution is 7.84. The maximum atomic E-state index is 13.1. The van der Waals surface area contributed by atoms with E-state index in [-0.39, 0.29) is 27.6 Å². The molecule has 132 valence electrons. The normalized spacial score (nSPS) is 13.1. The first-order valence-corrected chi connectivity index (χ1v) is 8.11. The van der Waals surface area contributed by atoms with Gasteiger partial charge in [-0.1, -0.05) is 0 Å². The molecule has 8 nitrogen and oxygen atoms in total. The van der Waals surface area contributed by atoms with Gasteiger partial charge in [0.2, 0.25) is 5.95 Å². The number of alkyl halides is 3. The molecule has 3 rings (SSSR count). The van der Waals surface area contributed by atoms with Gasteiger partial charge < -0.3 is 14.8 Å². The van der Waals surface area contributed by atoms with Gasteiger partial charge in [-0.2, -0.15) is 18.3 Å². The first-order valence-electron chi connectivity index (χ1n) is 6.55. The van der Waals surface area contributed by atoms with Crippen molar-refractivity contribution in [2.24, 2.45) is 0 Å². The Hall–Kier alpha value is -2.89. The summed E-state index contributed by atoms with van der Waals surface area (Å²) < 4.78 is 56.5. The number of halogens is 3. The molecule has 1 atom stereocenters. The number of carbonyl (C=O) groups is 1. The Morgan fingerprint density at radius 3 is 2.72 bits per heavy atom. The predicted molar refractivity (Wildman–Crippen MR) is 79.2 cm³/mol. The molecule has 0 bridgehead atoms. The molecule has 2 heterocycles. The van der Waals surface area contributed by atoms with Crippen molar-refractivity contribution in [1.82, 2.24) is 19.7 Å². The molecule has 0 aliphatic heterocycles. The van der Waals surface area contributed by atoms with Gasteiger partial charge in [0.1, 0.15) is 0 Å². The number of ether oxygens (including phenoxy) is 1. The summed E-state index contributed by atoms with van der Waals surface area (Å²) in [6.07, 6.45) is -2.76. The monoisotopic (exact) mass is 374 g/mol. The molecule has 3 aromatic rings. The number of rotatable bonds is 3. The van der Waals surface area contributed by atoms with E-state index in [4.69, 9.17) is 5.11 Å². The fourth-order valence-corrected chi connectivity index (χ4v) is 2.93. The van der Waals surface area contributed by atoms with E-state index in [2.05, 4.69) is 19.8 Å². The van der Waals surface area contributed by atoms with Gasteiger partial charge in [0.05, 0.1) is 44.7 Å². The summed E-state index contributed by atoms with van der Waals surface area (Å²) in [5.41, 5.74) is -0.802. The predicted octanol–water partition coefficient (Wildman–Crippen LogP) is 2.56. The molecule has 0 saturated carbocycles. The van der Waals surface area contributed by atoms with E-state index in [1.165, 1.54) is 6.20 Å². The average Bonchev–Trinajstić information content (AvgIpc) is 3.09. The Labute approximate surface area is 139 Å². The number of benzene rings is 1. The van der Waals surface area contributed by atoms with Crippen molar-refractivity contribution in [3.8, 4) is 11.7 Å². The minimum absolute atomic E-state index is 0.0439. The molecule has 0 saturated heterocycles. The van der Waals surface area contributed by atoms with Gasteiger partial charge in [0.15, 0.2) is 5.75 Å². The van der Waals surface area contributed by atoms with Crippen molar-refractivity contribution < 1.29 is 32.0 Å². The van der Waals surface area contributed by atoms with Gasteiger partial charge in [-0.25, -0.2) is 14.5 Å². The second kappa shape index (κ2) is 5.88. The van der Waals surface area contributed by atoms with Crippen LogP contribution in [0.1, 0.15) is 5.56 Å². The first-order chi connectivity index (χ1) is 11.6. The van der Waals surface area contributed by atoms with Crippen LogP contribution < -0.4 is 4.74 Å². The molecule has 0 fully saturated rings. The standard InChI is InChI=1S/C13H9F3N4O4S/c1-25(23)10-3-9-8(2-7(10)13(14,15)16)18-11(19-9)20-5-6(4-17-20)24-12(21)22/h2-5H,1H3,(H,18,19)(H,21,22). The van der Waals surface area contributed by atoms with Gasteiger partial charge in [-0.15, -0.1) is 0 Å². The minimum atomic E-state index is -4.67. The van der Waals surface area contributed by atoms with Crippen LogP contribution in [0.15, 0.2) is 29.4 Å². The lowest BCUT2D eigenvalue weighted by Crippen LogP contribution is -2.09. The molecular formula is C13H9F3N4O4S. The van der Waals surface area contributed by atoms with Crippen LogP contribution in [-0.2, 0) is 17.0 Å². The quantitative estimate of drug-likeness (QED) is 0.682. The third-order valence-corrected chi connectivity index (χ3v) is 4.12. The van der Waals surface area contributed by atoms with E-state index in [0.717, 1.165) is 29.3 Å². The zero-order valence-electron chi connectivity index (χ0n) is 12.4. The topological polar surface area (TPSA) is 110 Å². The molecular weight excluding hydrogens is 365 g/mol. The number of hydrogen-bond acceptors (Lipinski definition) is 5. The number of aromatic amines is 1. The van der Waals surface area contributed by atoms with Crippen molar-refractivity contribution in [2.45, 2.75) is 11.1 Å². The maximum Gasteiger partial charge on any atom is 0.511 e. The van der Waals surface area contributed by atoms with E-state index in [9.17, 15) is 22.2 Å². The van der Waals surface area contributed by atoms with Crippen LogP contribution >= 0.6 is 0 Å². The number of H-pyrrole nitrogens is 1. The van der Waals surface area contributed by atoms with E-state index in [0.29, 0.717) is 0 Å². The Bertz CT molecular complexity index is 995. The fourth-order valence-electron chi connectivity index (χ4n) is 2.17. The lowest BCUT2D eigenvalue weighted by atomic mass is 10.2. The molecule has 2 aromatic heterocycles. The Morgan fingerprint density at radius 2 is 2.12 bits per heavy atom. The molecule has 0 aliphatic carbocycles. The smallest absolute Gasteiger partial charge is 0.449 e. The average molecular weight is 374 g/mol. The largest absolute Gasteiger partial charge is 0.511 e. The molecule has 0 spiro atoms. The number of hydrogen-bond donors (Lipinski definition) is 2. The maximum absolute atomic E-state index is 13.1. The SMILES string of the molecule is CS(=O)c1cc2nc(-n3cc(OC(=O)O)cn3)[nH]c2cc1C(F)(F)F. The molecule has 12 heteroatoms. The van der Waals surface area contributed by atoms with Gasteiger partial charge in [0, 0.05) is 6.26 Å². The van der Waals surface area contributed by atoms with Crippen LogP contribution in [0.25, 0.3) is 17.0 Å². The summed E-state index contributed by atoms with van der Waals surface area (Å²) in [4.78, 5) is 16.8. The molecule has 0 amide bonds. The molecule has 1 aromatic carbocycles.